The molecule has 256 valence electrons. The lowest BCUT2D eigenvalue weighted by molar-refractivity contribution is 1.18. The molecule has 0 saturated carbocycles. The Morgan fingerprint density at radius 3 is 1.75 bits per heavy atom. The first-order chi connectivity index (χ1) is 40.2. The van der Waals surface area contributed by atoms with E-state index in [2.05, 4.69) is 9.97 Å². The van der Waals surface area contributed by atoms with Gasteiger partial charge in [-0.05, 0) is 72.7 Å². The zero-order valence-electron chi connectivity index (χ0n) is 58.4. The third kappa shape index (κ3) is 5.40. The van der Waals surface area contributed by atoms with Crippen LogP contribution in [0.15, 0.2) is 193 Å². The van der Waals surface area contributed by atoms with Gasteiger partial charge in [-0.3, -0.25) is 0 Å². The zero-order chi connectivity index (χ0) is 63.3. The molecule has 0 radical (unpaired) electrons. The predicted molar refractivity (Wildman–Crippen MR) is 235 cm³/mol. The van der Waals surface area contributed by atoms with Crippen molar-refractivity contribution in [2.75, 3.05) is 0 Å². The zero-order valence-corrected chi connectivity index (χ0v) is 28.2. The number of benzene rings is 9. The molecule has 0 bridgehead atoms. The molecule has 11 aromatic rings. The van der Waals surface area contributed by atoms with Crippen LogP contribution in [0.2, 0.25) is 0 Å². The van der Waals surface area contributed by atoms with Crippen molar-refractivity contribution in [3.8, 4) is 56.2 Å². The molecule has 0 N–H and O–H groups in total. The Bertz CT molecular complexity index is 4990. The quantitative estimate of drug-likeness (QED) is 0.129. The van der Waals surface area contributed by atoms with Crippen LogP contribution in [0.5, 0.6) is 0 Å². The summed E-state index contributed by atoms with van der Waals surface area (Å²) in [4.78, 5) is 8.79. The number of aromatic nitrogens is 2. The summed E-state index contributed by atoms with van der Waals surface area (Å²) in [6.45, 7) is 0. The molecule has 55 heavy (non-hydrogen) atoms. The molecule has 0 unspecified atom stereocenters. The fourth-order valence-electron chi connectivity index (χ4n) is 6.13. The largest absolute Gasteiger partial charge is 0.228 e. The average Bonchev–Trinajstić information content (AvgIpc) is 0.818. The molecule has 0 fully saturated rings. The van der Waals surface area contributed by atoms with Crippen LogP contribution >= 0.6 is 11.3 Å². The van der Waals surface area contributed by atoms with Crippen molar-refractivity contribution in [1.29, 1.82) is 0 Å². The van der Waals surface area contributed by atoms with Gasteiger partial charge in [0.05, 0.1) is 53.9 Å². The summed E-state index contributed by atoms with van der Waals surface area (Å²) in [7, 11) is 0. The molecule has 9 aromatic carbocycles. The maximum atomic E-state index is 9.68. The van der Waals surface area contributed by atoms with E-state index in [1.807, 2.05) is 0 Å². The minimum atomic E-state index is -1.08. The lowest BCUT2D eigenvalue weighted by Crippen LogP contribution is -1.96. The Labute approximate surface area is 366 Å². The molecular weight excluding hydrogens is 685 g/mol. The lowest BCUT2D eigenvalue weighted by atomic mass is 9.89. The minimum Gasteiger partial charge on any atom is -0.228 e. The van der Waals surface area contributed by atoms with Crippen molar-refractivity contribution < 1.29 is 42.5 Å². The van der Waals surface area contributed by atoms with Gasteiger partial charge in [-0.15, -0.1) is 11.3 Å². The van der Waals surface area contributed by atoms with E-state index < -0.39 is 276 Å². The Kier molecular flexibility index (Phi) is 3.14. The highest BCUT2D eigenvalue weighted by Crippen LogP contribution is 2.42. The van der Waals surface area contributed by atoms with Gasteiger partial charge < -0.3 is 0 Å². The number of rotatable bonds is 5. The van der Waals surface area contributed by atoms with Gasteiger partial charge in [0.1, 0.15) is 0 Å². The molecule has 0 saturated heterocycles. The van der Waals surface area contributed by atoms with E-state index in [9.17, 15) is 13.7 Å². The van der Waals surface area contributed by atoms with E-state index in [-0.39, 0.29) is 20.2 Å². The molecule has 0 atom stereocenters. The van der Waals surface area contributed by atoms with Gasteiger partial charge in [-0.1, -0.05) is 175 Å². The fraction of sp³-hybridized carbons (Fsp3) is 0. The van der Waals surface area contributed by atoms with Gasteiger partial charge in [0.25, 0.3) is 0 Å². The van der Waals surface area contributed by atoms with Crippen LogP contribution in [0.1, 0.15) is 42.5 Å². The van der Waals surface area contributed by atoms with Crippen LogP contribution in [-0.4, -0.2) is 9.97 Å². The second kappa shape index (κ2) is 12.9. The van der Waals surface area contributed by atoms with Gasteiger partial charge in [0.15, 0.2) is 5.82 Å². The Balaban J connectivity index is 1.25. The van der Waals surface area contributed by atoms with E-state index in [1.165, 1.54) is 0 Å². The second-order valence-electron chi connectivity index (χ2n) is 11.7. The first-order valence-corrected chi connectivity index (χ1v) is 16.9. The Morgan fingerprint density at radius 1 is 0.382 bits per heavy atom. The van der Waals surface area contributed by atoms with Crippen LogP contribution in [-0.2, 0) is 0 Å². The highest BCUT2D eigenvalue weighted by Gasteiger charge is 2.15. The maximum absolute atomic E-state index is 9.68. The number of hydrogen-bond donors (Lipinski definition) is 0. The number of thiophene rings is 1. The van der Waals surface area contributed by atoms with Gasteiger partial charge in [-0.2, -0.15) is 0 Å². The van der Waals surface area contributed by atoms with E-state index in [4.69, 9.17) is 28.8 Å². The topological polar surface area (TPSA) is 25.8 Å². The number of fused-ring (bicyclic) bond motifs is 7. The van der Waals surface area contributed by atoms with Crippen molar-refractivity contribution in [1.82, 2.24) is 9.97 Å². The summed E-state index contributed by atoms with van der Waals surface area (Å²) in [5.74, 6) is -0.834. The van der Waals surface area contributed by atoms with Crippen molar-refractivity contribution in [3.05, 3.63) is 193 Å². The van der Waals surface area contributed by atoms with Crippen molar-refractivity contribution in [2.24, 2.45) is 0 Å². The molecular formula is C52H32N2S. The smallest absolute Gasteiger partial charge is 0.160 e. The standard InChI is InChI=1S/C52H32N2S/c1-2-12-38(13-3-1)52-53-47(35-23-21-34(22-24-35)42-18-10-19-45-43-17-8-9-20-49(43)55-51(42)45)32-48(54-52)36-25-27-37(28-26-36)50-41-16-7-5-14-39(41)31-46-40-15-6-4-11-33(40)29-30-44(46)50/h1-32H/i1D,2D,3D,4D,5D,6D,7D,8D,9D,10D,11D,12D,13D,14D,15D,16D,17D,18D,19D,20D,21D,22D,23D,24D,25D,26D,27D,28D,29D,30D,31D. The van der Waals surface area contributed by atoms with Crippen molar-refractivity contribution in [2.45, 2.75) is 0 Å². The Hall–Kier alpha value is -6.94. The number of nitrogens with zero attached hydrogens (tertiary/aromatic N) is 2. The molecule has 11 rings (SSSR count). The summed E-state index contributed by atoms with van der Waals surface area (Å²) in [5.41, 5.74) is -6.30. The average molecular weight is 748 g/mol. The molecule has 2 aromatic heterocycles. The van der Waals surface area contributed by atoms with Gasteiger partial charge in [0, 0.05) is 36.9 Å². The first kappa shape index (κ1) is 13.4. The summed E-state index contributed by atoms with van der Waals surface area (Å²) >= 11 is 0.654. The molecule has 2 heterocycles. The molecule has 0 aliphatic heterocycles. The van der Waals surface area contributed by atoms with E-state index in [1.54, 1.807) is 0 Å². The third-order valence-electron chi connectivity index (χ3n) is 8.59. The van der Waals surface area contributed by atoms with Crippen LogP contribution in [0.3, 0.4) is 0 Å². The van der Waals surface area contributed by atoms with Crippen molar-refractivity contribution >= 4 is 63.8 Å². The van der Waals surface area contributed by atoms with Crippen molar-refractivity contribution in [3.63, 3.8) is 0 Å². The van der Waals surface area contributed by atoms with Gasteiger partial charge >= 0.3 is 0 Å². The second-order valence-corrected chi connectivity index (χ2v) is 12.7. The maximum Gasteiger partial charge on any atom is 0.160 e. The van der Waals surface area contributed by atoms with Gasteiger partial charge in [0.2, 0.25) is 0 Å². The SMILES string of the molecule is [2H]c1c([2H])c([2H])c(-c2nc(-c3c([2H])c([2H])c(-c4c([2H])c([2H])c([2H])c5c4sc4c([2H])c([2H])c([2H])c([2H])c45)c([2H])c3[2H])cc(-c3c([2H])c([2H])c(-c4c5c([2H])c([2H])c([2H])c([2H])c5c([2H])c5c4c([2H])c([2H])c4c([2H])c([2H])c([2H])c([2H])c45)c([2H])c3[2H])n2)c([2H])c1[2H]. The highest BCUT2D eigenvalue weighted by atomic mass is 32.1. The minimum absolute atomic E-state index is 0.107. The lowest BCUT2D eigenvalue weighted by Gasteiger charge is -2.15. The molecule has 0 amide bonds. The van der Waals surface area contributed by atoms with Crippen LogP contribution in [0, 0.1) is 0 Å². The monoisotopic (exact) mass is 747 g/mol. The van der Waals surface area contributed by atoms with E-state index in [0.717, 1.165) is 6.07 Å². The van der Waals surface area contributed by atoms with E-state index in [0.29, 0.717) is 11.3 Å². The predicted octanol–water partition coefficient (Wildman–Crippen LogP) is 14.6. The first-order valence-electron chi connectivity index (χ1n) is 31.6. The molecule has 2 nitrogen and oxygen atoms in total. The van der Waals surface area contributed by atoms with Crippen LogP contribution in [0.25, 0.3) is 109 Å². The summed E-state index contributed by atoms with van der Waals surface area (Å²) in [6.07, 6.45) is 0. The normalized spacial score (nSPS) is 19.5. The highest BCUT2D eigenvalue weighted by molar-refractivity contribution is 7.26. The summed E-state index contributed by atoms with van der Waals surface area (Å²) in [6, 6.07) is -26.0. The molecule has 0 aliphatic rings. The van der Waals surface area contributed by atoms with Crippen LogP contribution in [0.4, 0.5) is 0 Å². The molecule has 3 heteroatoms. The fourth-order valence-corrected chi connectivity index (χ4v) is 7.20. The van der Waals surface area contributed by atoms with Gasteiger partial charge in [-0.25, -0.2) is 9.97 Å². The van der Waals surface area contributed by atoms with E-state index >= 15 is 0 Å². The summed E-state index contributed by atoms with van der Waals surface area (Å²) in [5, 5.41) is -4.07. The Morgan fingerprint density at radius 2 is 0.982 bits per heavy atom. The number of hydrogen-bond acceptors (Lipinski definition) is 3. The van der Waals surface area contributed by atoms with Crippen LogP contribution < -0.4 is 0 Å². The molecule has 0 spiro atoms. The third-order valence-corrected chi connectivity index (χ3v) is 9.71. The molecule has 0 aliphatic carbocycles. The summed E-state index contributed by atoms with van der Waals surface area (Å²) < 4.78 is 278.